The summed E-state index contributed by atoms with van der Waals surface area (Å²) in [6, 6.07) is 11.0. The van der Waals surface area contributed by atoms with Gasteiger partial charge in [-0.15, -0.1) is 5.10 Å². The number of carbonyl (C=O) groups is 1. The van der Waals surface area contributed by atoms with Gasteiger partial charge in [-0.1, -0.05) is 24.6 Å². The van der Waals surface area contributed by atoms with Gasteiger partial charge in [0.05, 0.1) is 17.8 Å². The number of furan rings is 1. The van der Waals surface area contributed by atoms with Crippen LogP contribution in [0.15, 0.2) is 47.0 Å². The van der Waals surface area contributed by atoms with Crippen molar-refractivity contribution in [1.82, 2.24) is 10.2 Å². The second-order valence-electron chi connectivity index (χ2n) is 8.16. The molecule has 1 saturated carbocycles. The number of benzene rings is 2. The predicted octanol–water partition coefficient (Wildman–Crippen LogP) is 5.82. The molecule has 30 heavy (non-hydrogen) atoms. The number of para-hydroxylation sites is 1. The molecule has 5 rings (SSSR count). The van der Waals surface area contributed by atoms with Gasteiger partial charge < -0.3 is 14.8 Å². The van der Waals surface area contributed by atoms with Crippen LogP contribution in [0.2, 0.25) is 0 Å². The summed E-state index contributed by atoms with van der Waals surface area (Å²) >= 11 is 0. The van der Waals surface area contributed by atoms with Crippen molar-refractivity contribution >= 4 is 33.7 Å². The molecule has 4 aromatic rings. The lowest BCUT2D eigenvalue weighted by molar-refractivity contribution is 0.0698. The molecule has 2 N–H and O–H groups in total. The number of anilines is 1. The van der Waals surface area contributed by atoms with E-state index in [0.29, 0.717) is 11.6 Å². The lowest BCUT2D eigenvalue weighted by atomic mass is 9.80. The number of carboxylic acid groups (broad SMARTS) is 1. The van der Waals surface area contributed by atoms with Crippen LogP contribution in [0, 0.1) is 6.92 Å². The zero-order valence-electron chi connectivity index (χ0n) is 17.0. The van der Waals surface area contributed by atoms with E-state index in [1.807, 2.05) is 26.1 Å². The summed E-state index contributed by atoms with van der Waals surface area (Å²) in [5, 5.41) is 22.4. The zero-order chi connectivity index (χ0) is 20.8. The van der Waals surface area contributed by atoms with Crippen LogP contribution >= 0.6 is 0 Å². The predicted molar refractivity (Wildman–Crippen MR) is 116 cm³/mol. The van der Waals surface area contributed by atoms with Crippen molar-refractivity contribution in [3.63, 3.8) is 0 Å². The average molecular weight is 401 g/mol. The fourth-order valence-corrected chi connectivity index (χ4v) is 4.30. The quantitative estimate of drug-likeness (QED) is 0.438. The number of hydrogen-bond acceptors (Lipinski definition) is 5. The molecule has 1 atom stereocenters. The van der Waals surface area contributed by atoms with E-state index in [9.17, 15) is 9.90 Å². The second-order valence-corrected chi connectivity index (χ2v) is 8.16. The van der Waals surface area contributed by atoms with E-state index < -0.39 is 5.97 Å². The molecule has 2 aromatic carbocycles. The Labute approximate surface area is 173 Å². The monoisotopic (exact) mass is 401 g/mol. The largest absolute Gasteiger partial charge is 0.478 e. The van der Waals surface area contributed by atoms with Gasteiger partial charge in [0.1, 0.15) is 11.1 Å². The molecule has 6 heteroatoms. The number of nitrogens with zero attached hydrogens (tertiary/aromatic N) is 2. The van der Waals surface area contributed by atoms with E-state index in [-0.39, 0.29) is 11.6 Å². The molecule has 0 saturated heterocycles. The van der Waals surface area contributed by atoms with Gasteiger partial charge in [-0.3, -0.25) is 0 Å². The van der Waals surface area contributed by atoms with Crippen molar-refractivity contribution in [3.8, 4) is 0 Å². The molecule has 0 radical (unpaired) electrons. The number of aryl methyl sites for hydroxylation is 1. The number of rotatable bonds is 5. The summed E-state index contributed by atoms with van der Waals surface area (Å²) < 4.78 is 6.40. The van der Waals surface area contributed by atoms with E-state index in [1.54, 1.807) is 18.2 Å². The Morgan fingerprint density at radius 3 is 2.77 bits per heavy atom. The van der Waals surface area contributed by atoms with Crippen LogP contribution in [0.1, 0.15) is 65.2 Å². The molecule has 0 aliphatic heterocycles. The Bertz CT molecular complexity index is 1270. The van der Waals surface area contributed by atoms with Crippen LogP contribution in [0.3, 0.4) is 0 Å². The van der Waals surface area contributed by atoms with Crippen LogP contribution in [0.4, 0.5) is 5.69 Å². The van der Waals surface area contributed by atoms with Crippen molar-refractivity contribution in [2.45, 2.75) is 45.1 Å². The molecule has 6 nitrogen and oxygen atoms in total. The van der Waals surface area contributed by atoms with Gasteiger partial charge in [-0.05, 0) is 56.4 Å². The summed E-state index contributed by atoms with van der Waals surface area (Å²) in [5.74, 6) is -0.463. The number of nitrogens with one attached hydrogen (secondary N) is 1. The van der Waals surface area contributed by atoms with E-state index >= 15 is 0 Å². The smallest absolute Gasteiger partial charge is 0.337 e. The van der Waals surface area contributed by atoms with Crippen LogP contribution in [0.25, 0.3) is 22.1 Å². The minimum Gasteiger partial charge on any atom is -0.478 e. The van der Waals surface area contributed by atoms with E-state index in [0.717, 1.165) is 51.6 Å². The van der Waals surface area contributed by atoms with Gasteiger partial charge in [-0.25, -0.2) is 4.79 Å². The third-order valence-electron chi connectivity index (χ3n) is 6.09. The number of aromatic carboxylic acids is 1. The first-order chi connectivity index (χ1) is 14.5. The fourth-order valence-electron chi connectivity index (χ4n) is 4.30. The lowest BCUT2D eigenvalue weighted by Gasteiger charge is -2.24. The third kappa shape index (κ3) is 3.00. The Balaban J connectivity index is 1.63. The Morgan fingerprint density at radius 2 is 2.03 bits per heavy atom. The highest BCUT2D eigenvalue weighted by Crippen LogP contribution is 2.42. The van der Waals surface area contributed by atoms with E-state index in [2.05, 4.69) is 27.6 Å². The van der Waals surface area contributed by atoms with Crippen LogP contribution < -0.4 is 5.32 Å². The highest BCUT2D eigenvalue weighted by atomic mass is 16.4. The molecule has 1 fully saturated rings. The number of aromatic nitrogens is 2. The highest BCUT2D eigenvalue weighted by molar-refractivity contribution is 6.05. The van der Waals surface area contributed by atoms with Crippen molar-refractivity contribution in [2.24, 2.45) is 0 Å². The first kappa shape index (κ1) is 18.6. The van der Waals surface area contributed by atoms with E-state index in [4.69, 9.17) is 4.42 Å². The average Bonchev–Trinajstić information content (AvgIpc) is 3.06. The fraction of sp³-hybridized carbons (Fsp3) is 0.292. The van der Waals surface area contributed by atoms with Crippen molar-refractivity contribution in [1.29, 1.82) is 0 Å². The van der Waals surface area contributed by atoms with Crippen LogP contribution in [0.5, 0.6) is 0 Å². The Hall–Kier alpha value is -3.41. The maximum atomic E-state index is 11.6. The number of hydrogen-bond donors (Lipinski definition) is 2. The molecule has 0 bridgehead atoms. The molecule has 2 aromatic heterocycles. The molecule has 152 valence electrons. The normalized spacial score (nSPS) is 15.3. The molecule has 2 heterocycles. The van der Waals surface area contributed by atoms with Gasteiger partial charge in [0, 0.05) is 22.2 Å². The Kier molecular flexibility index (Phi) is 4.42. The standard InChI is InChI=1S/C24H23N3O3/c1-13-10-17(14(2)26-20-9-4-3-8-16(20)24(28)29)22-18(11-13)21-23(30-22)19(12-25-27-21)15-6-5-7-15/h3-4,8-12,14-15,26H,5-7H2,1-2H3,(H,28,29)/t14-/m1/s1. The summed E-state index contributed by atoms with van der Waals surface area (Å²) in [6.45, 7) is 4.06. The van der Waals surface area contributed by atoms with Crippen molar-refractivity contribution in [3.05, 3.63) is 64.8 Å². The first-order valence-corrected chi connectivity index (χ1v) is 10.3. The van der Waals surface area contributed by atoms with Gasteiger partial charge >= 0.3 is 5.97 Å². The van der Waals surface area contributed by atoms with Crippen molar-refractivity contribution in [2.75, 3.05) is 5.32 Å². The third-order valence-corrected chi connectivity index (χ3v) is 6.09. The van der Waals surface area contributed by atoms with Gasteiger partial charge in [0.15, 0.2) is 5.58 Å². The zero-order valence-corrected chi connectivity index (χ0v) is 17.0. The van der Waals surface area contributed by atoms with Crippen LogP contribution in [-0.4, -0.2) is 21.3 Å². The molecule has 0 spiro atoms. The minimum atomic E-state index is -0.955. The SMILES string of the molecule is Cc1cc([C@@H](C)Nc2ccccc2C(=O)O)c2oc3c(C4CCC4)cnnc3c2c1. The van der Waals surface area contributed by atoms with Gasteiger partial charge in [0.2, 0.25) is 0 Å². The Morgan fingerprint density at radius 1 is 1.23 bits per heavy atom. The van der Waals surface area contributed by atoms with Gasteiger partial charge in [-0.2, -0.15) is 5.10 Å². The summed E-state index contributed by atoms with van der Waals surface area (Å²) in [7, 11) is 0. The summed E-state index contributed by atoms with van der Waals surface area (Å²) in [5.41, 5.74) is 6.45. The van der Waals surface area contributed by atoms with Crippen LogP contribution in [-0.2, 0) is 0 Å². The lowest BCUT2D eigenvalue weighted by Crippen LogP contribution is -2.11. The maximum Gasteiger partial charge on any atom is 0.337 e. The van der Waals surface area contributed by atoms with E-state index in [1.165, 1.54) is 6.42 Å². The summed E-state index contributed by atoms with van der Waals surface area (Å²) in [4.78, 5) is 11.6. The topological polar surface area (TPSA) is 88.2 Å². The van der Waals surface area contributed by atoms with Gasteiger partial charge in [0.25, 0.3) is 0 Å². The maximum absolute atomic E-state index is 11.6. The second kappa shape index (κ2) is 7.13. The molecule has 1 aliphatic rings. The van der Waals surface area contributed by atoms with Crippen molar-refractivity contribution < 1.29 is 14.3 Å². The number of carboxylic acids is 1. The molecular weight excluding hydrogens is 378 g/mol. The first-order valence-electron chi connectivity index (χ1n) is 10.3. The highest BCUT2D eigenvalue weighted by Gasteiger charge is 2.26. The molecule has 0 unspecified atom stereocenters. The summed E-state index contributed by atoms with van der Waals surface area (Å²) in [6.07, 6.45) is 5.40. The molecule has 1 aliphatic carbocycles. The number of fused-ring (bicyclic) bond motifs is 3. The molecule has 0 amide bonds. The minimum absolute atomic E-state index is 0.159. The molecular formula is C24H23N3O3.